The second-order valence-electron chi connectivity index (χ2n) is 8.29. The van der Waals surface area contributed by atoms with Gasteiger partial charge in [-0.15, -0.1) is 0 Å². The van der Waals surface area contributed by atoms with Crippen molar-refractivity contribution in [2.24, 2.45) is 0 Å². The number of sulfonamides is 1. The van der Waals surface area contributed by atoms with Crippen molar-refractivity contribution in [2.75, 3.05) is 10.8 Å². The van der Waals surface area contributed by atoms with Gasteiger partial charge < -0.3 is 0 Å². The topological polar surface area (TPSA) is 37.4 Å². The molecule has 1 heterocycles. The molecule has 3 nitrogen and oxygen atoms in total. The van der Waals surface area contributed by atoms with Gasteiger partial charge in [0.25, 0.3) is 10.0 Å². The highest BCUT2D eigenvalue weighted by Gasteiger charge is 2.30. The first kappa shape index (κ1) is 21.1. The Morgan fingerprint density at radius 1 is 0.839 bits per heavy atom. The van der Waals surface area contributed by atoms with Gasteiger partial charge in [-0.05, 0) is 74.7 Å². The number of anilines is 1. The molecule has 4 rings (SSSR count). The Morgan fingerprint density at radius 2 is 1.48 bits per heavy atom. The van der Waals surface area contributed by atoms with Crippen molar-refractivity contribution in [2.45, 2.75) is 32.6 Å². The third-order valence-corrected chi connectivity index (χ3v) is 7.45. The first-order valence-electron chi connectivity index (χ1n) is 10.4. The minimum atomic E-state index is -3.73. The van der Waals surface area contributed by atoms with Crippen LogP contribution in [0.4, 0.5) is 5.69 Å². The second kappa shape index (κ2) is 8.20. The van der Waals surface area contributed by atoms with Crippen LogP contribution in [-0.2, 0) is 10.0 Å². The second-order valence-corrected chi connectivity index (χ2v) is 10.2. The summed E-state index contributed by atoms with van der Waals surface area (Å²) >= 11 is 0. The van der Waals surface area contributed by atoms with Crippen LogP contribution >= 0.6 is 0 Å². The molecule has 1 aliphatic heterocycles. The van der Waals surface area contributed by atoms with Gasteiger partial charge in [0.2, 0.25) is 0 Å². The summed E-state index contributed by atoms with van der Waals surface area (Å²) in [4.78, 5) is 0.306. The van der Waals surface area contributed by atoms with Crippen LogP contribution in [0.5, 0.6) is 0 Å². The highest BCUT2D eigenvalue weighted by molar-refractivity contribution is 7.92. The van der Waals surface area contributed by atoms with Gasteiger partial charge in [-0.3, -0.25) is 4.31 Å². The van der Waals surface area contributed by atoms with Gasteiger partial charge >= 0.3 is 0 Å². The maximum absolute atomic E-state index is 13.8. The van der Waals surface area contributed by atoms with E-state index in [9.17, 15) is 8.42 Å². The molecule has 0 atom stereocenters. The number of nitrogens with zero attached hydrogens (tertiary/aromatic N) is 1. The molecule has 3 aromatic rings. The first-order chi connectivity index (χ1) is 14.8. The van der Waals surface area contributed by atoms with Crippen molar-refractivity contribution in [3.63, 3.8) is 0 Å². The van der Waals surface area contributed by atoms with Crippen LogP contribution in [0, 0.1) is 13.8 Å². The standard InChI is InChI=1S/C27H27NO2S/c1-19(2)23-17-25(22-8-6-5-7-9-22)26-16-21(4)12-15-27(26)28(18-23)31(29,30)24-13-10-20(3)11-14-24/h5-17H,18H2,1-4H3. The third kappa shape index (κ3) is 4.08. The van der Waals surface area contributed by atoms with Crippen LogP contribution in [0.1, 0.15) is 36.1 Å². The molecule has 0 amide bonds. The smallest absolute Gasteiger partial charge is 0.261 e. The summed E-state index contributed by atoms with van der Waals surface area (Å²) < 4.78 is 29.1. The van der Waals surface area contributed by atoms with Crippen molar-refractivity contribution >= 4 is 21.3 Å². The molecule has 31 heavy (non-hydrogen) atoms. The van der Waals surface area contributed by atoms with Crippen LogP contribution in [0.25, 0.3) is 5.57 Å². The number of fused-ring (bicyclic) bond motifs is 1. The summed E-state index contributed by atoms with van der Waals surface area (Å²) in [6, 6.07) is 23.2. The Kier molecular flexibility index (Phi) is 5.59. The SMILES string of the molecule is CC(C)=C1C=C(c2ccccc2)c2cc(C)ccc2N(S(=O)(=O)c2ccc(C)cc2)C1. The van der Waals surface area contributed by atoms with E-state index in [0.717, 1.165) is 39.0 Å². The zero-order chi connectivity index (χ0) is 22.2. The lowest BCUT2D eigenvalue weighted by atomic mass is 9.94. The molecule has 0 radical (unpaired) electrons. The van der Waals surface area contributed by atoms with Crippen molar-refractivity contribution in [3.05, 3.63) is 112 Å². The Morgan fingerprint density at radius 3 is 2.13 bits per heavy atom. The fourth-order valence-corrected chi connectivity index (χ4v) is 5.29. The Bertz CT molecular complexity index is 1280. The summed E-state index contributed by atoms with van der Waals surface area (Å²) in [5, 5.41) is 0. The van der Waals surface area contributed by atoms with Crippen LogP contribution in [0.15, 0.2) is 94.9 Å². The van der Waals surface area contributed by atoms with Crippen molar-refractivity contribution in [3.8, 4) is 0 Å². The molecule has 3 aromatic carbocycles. The highest BCUT2D eigenvalue weighted by Crippen LogP contribution is 2.39. The van der Waals surface area contributed by atoms with Crippen molar-refractivity contribution in [1.82, 2.24) is 0 Å². The number of aryl methyl sites for hydroxylation is 2. The molecule has 158 valence electrons. The maximum Gasteiger partial charge on any atom is 0.264 e. The third-order valence-electron chi connectivity index (χ3n) is 5.68. The number of benzene rings is 3. The summed E-state index contributed by atoms with van der Waals surface area (Å²) in [5.74, 6) is 0. The Hall–Kier alpha value is -3.11. The fraction of sp³-hybridized carbons (Fsp3) is 0.185. The molecule has 1 aliphatic rings. The molecule has 0 fully saturated rings. The van der Waals surface area contributed by atoms with Gasteiger partial charge in [-0.1, -0.05) is 65.2 Å². The van der Waals surface area contributed by atoms with E-state index in [1.54, 1.807) is 16.4 Å². The first-order valence-corrected chi connectivity index (χ1v) is 11.9. The number of rotatable bonds is 3. The molecule has 0 aliphatic carbocycles. The zero-order valence-electron chi connectivity index (χ0n) is 18.4. The van der Waals surface area contributed by atoms with E-state index in [4.69, 9.17) is 0 Å². The van der Waals surface area contributed by atoms with Gasteiger partial charge in [0, 0.05) is 5.56 Å². The predicted octanol–water partition coefficient (Wildman–Crippen LogP) is 6.28. The molecular weight excluding hydrogens is 402 g/mol. The zero-order valence-corrected chi connectivity index (χ0v) is 19.2. The van der Waals surface area contributed by atoms with Crippen LogP contribution in [0.3, 0.4) is 0 Å². The van der Waals surface area contributed by atoms with E-state index in [-0.39, 0.29) is 0 Å². The lowest BCUT2D eigenvalue weighted by molar-refractivity contribution is 0.592. The summed E-state index contributed by atoms with van der Waals surface area (Å²) in [5.41, 5.74) is 7.97. The molecule has 0 aromatic heterocycles. The average Bonchev–Trinajstić information content (AvgIpc) is 2.92. The van der Waals surface area contributed by atoms with E-state index in [1.807, 2.05) is 70.2 Å². The van der Waals surface area contributed by atoms with E-state index in [2.05, 4.69) is 24.3 Å². The molecule has 0 unspecified atom stereocenters. The highest BCUT2D eigenvalue weighted by atomic mass is 32.2. The molecule has 0 saturated heterocycles. The average molecular weight is 430 g/mol. The van der Waals surface area contributed by atoms with Crippen LogP contribution in [0.2, 0.25) is 0 Å². The lowest BCUT2D eigenvalue weighted by Gasteiger charge is -2.26. The quantitative estimate of drug-likeness (QED) is 0.491. The molecule has 0 N–H and O–H groups in total. The minimum absolute atomic E-state index is 0.297. The van der Waals surface area contributed by atoms with Crippen molar-refractivity contribution in [1.29, 1.82) is 0 Å². The van der Waals surface area contributed by atoms with E-state index in [0.29, 0.717) is 17.1 Å². The summed E-state index contributed by atoms with van der Waals surface area (Å²) in [6.07, 6.45) is 2.15. The summed E-state index contributed by atoms with van der Waals surface area (Å²) in [6.45, 7) is 8.36. The Balaban J connectivity index is 1.98. The van der Waals surface area contributed by atoms with Gasteiger partial charge in [0.05, 0.1) is 17.1 Å². The molecule has 0 bridgehead atoms. The van der Waals surface area contributed by atoms with Crippen molar-refractivity contribution < 1.29 is 8.42 Å². The predicted molar refractivity (Wildman–Crippen MR) is 129 cm³/mol. The van der Waals surface area contributed by atoms with E-state index >= 15 is 0 Å². The van der Waals surface area contributed by atoms with Gasteiger partial charge in [-0.2, -0.15) is 0 Å². The normalized spacial score (nSPS) is 14.0. The summed E-state index contributed by atoms with van der Waals surface area (Å²) in [7, 11) is -3.73. The molecular formula is C27H27NO2S. The minimum Gasteiger partial charge on any atom is -0.261 e. The molecule has 4 heteroatoms. The van der Waals surface area contributed by atoms with E-state index in [1.165, 1.54) is 0 Å². The fourth-order valence-electron chi connectivity index (χ4n) is 3.83. The van der Waals surface area contributed by atoms with Crippen LogP contribution in [-0.4, -0.2) is 15.0 Å². The number of hydrogen-bond acceptors (Lipinski definition) is 2. The largest absolute Gasteiger partial charge is 0.264 e. The lowest BCUT2D eigenvalue weighted by Crippen LogP contribution is -2.33. The van der Waals surface area contributed by atoms with Crippen LogP contribution < -0.4 is 4.31 Å². The maximum atomic E-state index is 13.8. The molecule has 0 saturated carbocycles. The van der Waals surface area contributed by atoms with Gasteiger partial charge in [0.1, 0.15) is 0 Å². The van der Waals surface area contributed by atoms with Gasteiger partial charge in [-0.25, -0.2) is 8.42 Å². The Labute approximate surface area is 185 Å². The number of hydrogen-bond donors (Lipinski definition) is 0. The number of allylic oxidation sites excluding steroid dienone is 1. The monoisotopic (exact) mass is 429 g/mol. The van der Waals surface area contributed by atoms with E-state index < -0.39 is 10.0 Å². The molecule has 0 spiro atoms. The van der Waals surface area contributed by atoms with Gasteiger partial charge in [0.15, 0.2) is 0 Å².